The van der Waals surface area contributed by atoms with Gasteiger partial charge in [0.05, 0.1) is 13.7 Å². The van der Waals surface area contributed by atoms with Gasteiger partial charge in [0.1, 0.15) is 17.1 Å². The van der Waals surface area contributed by atoms with Crippen LogP contribution in [0.1, 0.15) is 18.1 Å². The van der Waals surface area contributed by atoms with E-state index in [1.54, 1.807) is 25.1 Å². The summed E-state index contributed by atoms with van der Waals surface area (Å²) in [5.74, 6) is -0.455. The van der Waals surface area contributed by atoms with Gasteiger partial charge in [0, 0.05) is 15.6 Å². The van der Waals surface area contributed by atoms with Crippen molar-refractivity contribution in [2.24, 2.45) is 0 Å². The fraction of sp³-hybridized carbons (Fsp3) is 0.222. The van der Waals surface area contributed by atoms with Gasteiger partial charge in [-0.2, -0.15) is 0 Å². The lowest BCUT2D eigenvalue weighted by Crippen LogP contribution is -2.41. The highest BCUT2D eigenvalue weighted by Crippen LogP contribution is 2.35. The van der Waals surface area contributed by atoms with Crippen LogP contribution in [0.5, 0.6) is 5.75 Å². The topological polar surface area (TPSA) is 58.6 Å². The van der Waals surface area contributed by atoms with E-state index >= 15 is 0 Å². The lowest BCUT2D eigenvalue weighted by atomic mass is 9.92. The number of nitrogens with zero attached hydrogens (tertiary/aromatic N) is 1. The standard InChI is InChI=1S/C18H16BrFN2O3/c1-18(13-5-3-4-6-14(13)19)16(23)22(17(24)21-18)10-11-9-12(20)7-8-15(11)25-2/h3-9H,10H2,1-2H3,(H,21,24). The van der Waals surface area contributed by atoms with E-state index in [0.717, 1.165) is 9.37 Å². The molecule has 1 N–H and O–H groups in total. The fourth-order valence-corrected chi connectivity index (χ4v) is 3.61. The van der Waals surface area contributed by atoms with E-state index < -0.39 is 23.3 Å². The molecule has 3 amide bonds. The molecule has 0 saturated carbocycles. The zero-order valence-electron chi connectivity index (χ0n) is 13.7. The summed E-state index contributed by atoms with van der Waals surface area (Å²) in [6.45, 7) is 1.57. The first-order valence-electron chi connectivity index (χ1n) is 7.58. The summed E-state index contributed by atoms with van der Waals surface area (Å²) in [6.07, 6.45) is 0. The first-order valence-corrected chi connectivity index (χ1v) is 8.37. The number of carbonyl (C=O) groups is 2. The maximum Gasteiger partial charge on any atom is 0.325 e. The third-order valence-corrected chi connectivity index (χ3v) is 4.95. The average Bonchev–Trinajstić information content (AvgIpc) is 2.79. The smallest absolute Gasteiger partial charge is 0.325 e. The van der Waals surface area contributed by atoms with E-state index in [9.17, 15) is 14.0 Å². The van der Waals surface area contributed by atoms with Crippen LogP contribution in [0, 0.1) is 5.82 Å². The first-order chi connectivity index (χ1) is 11.9. The van der Waals surface area contributed by atoms with Crippen molar-refractivity contribution < 1.29 is 18.7 Å². The molecule has 2 aromatic carbocycles. The molecule has 5 nitrogen and oxygen atoms in total. The maximum atomic E-state index is 13.6. The Bertz CT molecular complexity index is 858. The van der Waals surface area contributed by atoms with Gasteiger partial charge in [-0.05, 0) is 31.2 Å². The number of amides is 3. The molecule has 3 rings (SSSR count). The normalized spacial score (nSPS) is 19.9. The lowest BCUT2D eigenvalue weighted by molar-refractivity contribution is -0.131. The number of urea groups is 1. The predicted octanol–water partition coefficient (Wildman–Crippen LogP) is 3.56. The Balaban J connectivity index is 1.95. The molecule has 1 atom stereocenters. The molecule has 1 aliphatic heterocycles. The van der Waals surface area contributed by atoms with E-state index in [1.807, 2.05) is 6.07 Å². The highest BCUT2D eigenvalue weighted by atomic mass is 79.9. The minimum Gasteiger partial charge on any atom is -0.496 e. The van der Waals surface area contributed by atoms with Gasteiger partial charge < -0.3 is 10.1 Å². The fourth-order valence-electron chi connectivity index (χ4n) is 2.93. The molecule has 0 aromatic heterocycles. The molecule has 0 aliphatic carbocycles. The summed E-state index contributed by atoms with van der Waals surface area (Å²) in [4.78, 5) is 26.5. The molecular formula is C18H16BrFN2O3. The number of benzene rings is 2. The van der Waals surface area contributed by atoms with E-state index in [0.29, 0.717) is 16.9 Å². The molecule has 2 aromatic rings. The number of nitrogens with one attached hydrogen (secondary N) is 1. The Morgan fingerprint density at radius 1 is 1.24 bits per heavy atom. The molecule has 1 heterocycles. The van der Waals surface area contributed by atoms with Crippen molar-refractivity contribution >= 4 is 27.9 Å². The average molecular weight is 407 g/mol. The Morgan fingerprint density at radius 3 is 2.64 bits per heavy atom. The second-order valence-corrected chi connectivity index (χ2v) is 6.74. The van der Waals surface area contributed by atoms with Crippen molar-refractivity contribution in [2.45, 2.75) is 19.0 Å². The predicted molar refractivity (Wildman–Crippen MR) is 93.5 cm³/mol. The molecule has 0 bridgehead atoms. The second kappa shape index (κ2) is 6.48. The molecule has 1 aliphatic rings. The van der Waals surface area contributed by atoms with Crippen LogP contribution in [0.2, 0.25) is 0 Å². The highest BCUT2D eigenvalue weighted by molar-refractivity contribution is 9.10. The van der Waals surface area contributed by atoms with Crippen LogP contribution in [-0.2, 0) is 16.9 Å². The molecule has 25 heavy (non-hydrogen) atoms. The minimum atomic E-state index is -1.20. The Hall–Kier alpha value is -2.41. The molecule has 0 radical (unpaired) electrons. The van der Waals surface area contributed by atoms with Gasteiger partial charge in [0.15, 0.2) is 0 Å². The van der Waals surface area contributed by atoms with E-state index in [2.05, 4.69) is 21.2 Å². The van der Waals surface area contributed by atoms with E-state index in [1.165, 1.54) is 25.3 Å². The Kier molecular flexibility index (Phi) is 4.51. The number of halogens is 2. The zero-order chi connectivity index (χ0) is 18.2. The molecule has 7 heteroatoms. The summed E-state index contributed by atoms with van der Waals surface area (Å²) in [5.41, 5.74) is -0.123. The SMILES string of the molecule is COc1ccc(F)cc1CN1C(=O)NC(C)(c2ccccc2Br)C1=O. The number of carbonyl (C=O) groups excluding carboxylic acids is 2. The molecule has 1 saturated heterocycles. The molecule has 130 valence electrons. The number of rotatable bonds is 4. The van der Waals surface area contributed by atoms with Crippen LogP contribution >= 0.6 is 15.9 Å². The van der Waals surface area contributed by atoms with Crippen LogP contribution in [0.15, 0.2) is 46.9 Å². The van der Waals surface area contributed by atoms with Gasteiger partial charge in [-0.3, -0.25) is 9.69 Å². The van der Waals surface area contributed by atoms with Crippen molar-refractivity contribution in [2.75, 3.05) is 7.11 Å². The van der Waals surface area contributed by atoms with Crippen molar-refractivity contribution in [1.82, 2.24) is 10.2 Å². The van der Waals surface area contributed by atoms with E-state index in [4.69, 9.17) is 4.74 Å². The Morgan fingerprint density at radius 2 is 1.96 bits per heavy atom. The summed E-state index contributed by atoms with van der Waals surface area (Å²) < 4.78 is 19.5. The van der Waals surface area contributed by atoms with Crippen LogP contribution in [0.4, 0.5) is 9.18 Å². The quantitative estimate of drug-likeness (QED) is 0.789. The molecular weight excluding hydrogens is 391 g/mol. The van der Waals surface area contributed by atoms with Gasteiger partial charge in [0.2, 0.25) is 0 Å². The van der Waals surface area contributed by atoms with Crippen molar-refractivity contribution in [3.05, 3.63) is 63.9 Å². The number of imide groups is 1. The Labute approximate surface area is 152 Å². The largest absolute Gasteiger partial charge is 0.496 e. The van der Waals surface area contributed by atoms with Crippen molar-refractivity contribution in [3.63, 3.8) is 0 Å². The zero-order valence-corrected chi connectivity index (χ0v) is 15.3. The van der Waals surface area contributed by atoms with Gasteiger partial charge in [0.25, 0.3) is 5.91 Å². The van der Waals surface area contributed by atoms with Gasteiger partial charge in [-0.1, -0.05) is 34.1 Å². The summed E-state index contributed by atoms with van der Waals surface area (Å²) >= 11 is 3.42. The second-order valence-electron chi connectivity index (χ2n) is 5.88. The third-order valence-electron chi connectivity index (χ3n) is 4.26. The molecule has 1 unspecified atom stereocenters. The van der Waals surface area contributed by atoms with Crippen LogP contribution in [0.3, 0.4) is 0 Å². The number of ether oxygens (including phenoxy) is 1. The van der Waals surface area contributed by atoms with Gasteiger partial charge in [-0.25, -0.2) is 9.18 Å². The monoisotopic (exact) mass is 406 g/mol. The van der Waals surface area contributed by atoms with Gasteiger partial charge >= 0.3 is 6.03 Å². The number of hydrogen-bond donors (Lipinski definition) is 1. The molecule has 1 fully saturated rings. The van der Waals surface area contributed by atoms with Gasteiger partial charge in [-0.15, -0.1) is 0 Å². The van der Waals surface area contributed by atoms with Crippen molar-refractivity contribution in [1.29, 1.82) is 0 Å². The van der Waals surface area contributed by atoms with Crippen LogP contribution in [-0.4, -0.2) is 23.9 Å². The van der Waals surface area contributed by atoms with Crippen LogP contribution < -0.4 is 10.1 Å². The van der Waals surface area contributed by atoms with E-state index in [-0.39, 0.29) is 6.54 Å². The first kappa shape index (κ1) is 17.4. The minimum absolute atomic E-state index is 0.0777. The highest BCUT2D eigenvalue weighted by Gasteiger charge is 2.49. The number of methoxy groups -OCH3 is 1. The summed E-state index contributed by atoms with van der Waals surface area (Å²) in [6, 6.07) is 10.7. The molecule has 0 spiro atoms. The summed E-state index contributed by atoms with van der Waals surface area (Å²) in [5, 5.41) is 2.73. The third kappa shape index (κ3) is 3.00. The lowest BCUT2D eigenvalue weighted by Gasteiger charge is -2.23. The summed E-state index contributed by atoms with van der Waals surface area (Å²) in [7, 11) is 1.45. The van der Waals surface area contributed by atoms with Crippen molar-refractivity contribution in [3.8, 4) is 5.75 Å². The maximum absolute atomic E-state index is 13.6. The number of hydrogen-bond acceptors (Lipinski definition) is 3. The van der Waals surface area contributed by atoms with Crippen LogP contribution in [0.25, 0.3) is 0 Å².